The second-order valence-corrected chi connectivity index (χ2v) is 6.04. The topological polar surface area (TPSA) is 24.4 Å². The van der Waals surface area contributed by atoms with Crippen LogP contribution in [0.2, 0.25) is 0 Å². The fraction of sp³-hybridized carbons (Fsp3) is 0.923. The van der Waals surface area contributed by atoms with Gasteiger partial charge in [-0.05, 0) is 25.8 Å². The van der Waals surface area contributed by atoms with E-state index >= 15 is 0 Å². The summed E-state index contributed by atoms with van der Waals surface area (Å²) in [5, 5.41) is 5.16. The molecule has 16 heavy (non-hydrogen) atoms. The quantitative estimate of drug-likeness (QED) is 0.721. The zero-order valence-electron chi connectivity index (χ0n) is 10.4. The summed E-state index contributed by atoms with van der Waals surface area (Å²) >= 11 is 1.99. The molecule has 2 nitrogen and oxygen atoms in total. The molecule has 0 bridgehead atoms. The average molecular weight is 240 g/mol. The van der Waals surface area contributed by atoms with Crippen molar-refractivity contribution in [2.24, 2.45) is 4.99 Å². The van der Waals surface area contributed by atoms with E-state index in [4.69, 9.17) is 4.99 Å². The predicted octanol–water partition coefficient (Wildman–Crippen LogP) is 3.22. The lowest BCUT2D eigenvalue weighted by Gasteiger charge is -2.29. The van der Waals surface area contributed by atoms with Crippen molar-refractivity contribution in [3.05, 3.63) is 0 Å². The number of hydrogen-bond acceptors (Lipinski definition) is 3. The number of nitrogens with zero attached hydrogens (tertiary/aromatic N) is 1. The summed E-state index contributed by atoms with van der Waals surface area (Å²) in [5.74, 6) is 1.20. The molecule has 0 aromatic heterocycles. The van der Waals surface area contributed by atoms with E-state index in [0.717, 1.165) is 6.54 Å². The first-order valence-corrected chi connectivity index (χ1v) is 7.79. The molecule has 92 valence electrons. The first kappa shape index (κ1) is 12.4. The van der Waals surface area contributed by atoms with Crippen LogP contribution in [0.3, 0.4) is 0 Å². The lowest BCUT2D eigenvalue weighted by Crippen LogP contribution is -2.45. The monoisotopic (exact) mass is 240 g/mol. The molecule has 0 aromatic rings. The number of thioether (sulfide) groups is 1. The molecular formula is C13H24N2S. The van der Waals surface area contributed by atoms with Crippen LogP contribution in [0.15, 0.2) is 4.99 Å². The van der Waals surface area contributed by atoms with Crippen molar-refractivity contribution in [3.63, 3.8) is 0 Å². The summed E-state index contributed by atoms with van der Waals surface area (Å²) in [7, 11) is 0. The Hall–Kier alpha value is -0.0200. The van der Waals surface area contributed by atoms with Gasteiger partial charge in [-0.3, -0.25) is 4.99 Å². The maximum atomic E-state index is 4.71. The zero-order valence-corrected chi connectivity index (χ0v) is 11.2. The molecule has 1 N–H and O–H groups in total. The van der Waals surface area contributed by atoms with Gasteiger partial charge in [0.05, 0.1) is 10.6 Å². The lowest BCUT2D eigenvalue weighted by molar-refractivity contribution is 0.444. The second kappa shape index (κ2) is 6.06. The smallest absolute Gasteiger partial charge is 0.0878 e. The first-order chi connectivity index (χ1) is 7.87. The highest BCUT2D eigenvalue weighted by atomic mass is 32.2. The van der Waals surface area contributed by atoms with Crippen LogP contribution in [0.1, 0.15) is 51.9 Å². The fourth-order valence-corrected chi connectivity index (χ4v) is 3.90. The molecule has 2 heterocycles. The molecule has 2 aliphatic rings. The summed E-state index contributed by atoms with van der Waals surface area (Å²) in [5.41, 5.74) is 0.287. The molecular weight excluding hydrogens is 216 g/mol. The van der Waals surface area contributed by atoms with Gasteiger partial charge >= 0.3 is 0 Å². The van der Waals surface area contributed by atoms with Crippen LogP contribution in [0, 0.1) is 0 Å². The van der Waals surface area contributed by atoms with Gasteiger partial charge in [0.25, 0.3) is 0 Å². The SMILES string of the molecule is CCCCCCC1(C2=NCCS2)CCCN1. The van der Waals surface area contributed by atoms with E-state index in [1.807, 2.05) is 11.8 Å². The number of nitrogens with one attached hydrogen (secondary N) is 1. The van der Waals surface area contributed by atoms with E-state index in [-0.39, 0.29) is 5.54 Å². The van der Waals surface area contributed by atoms with Crippen LogP contribution < -0.4 is 5.32 Å². The second-order valence-electron chi connectivity index (χ2n) is 4.96. The largest absolute Gasteiger partial charge is 0.306 e. The van der Waals surface area contributed by atoms with E-state index in [2.05, 4.69) is 12.2 Å². The Morgan fingerprint density at radius 2 is 2.31 bits per heavy atom. The third-order valence-electron chi connectivity index (χ3n) is 3.70. The van der Waals surface area contributed by atoms with Crippen molar-refractivity contribution in [2.75, 3.05) is 18.8 Å². The number of unbranched alkanes of at least 4 members (excludes halogenated alkanes) is 3. The minimum absolute atomic E-state index is 0.287. The molecule has 1 fully saturated rings. The Kier molecular flexibility index (Phi) is 4.71. The Bertz CT molecular complexity index is 244. The van der Waals surface area contributed by atoms with Gasteiger partial charge in [0.1, 0.15) is 0 Å². The van der Waals surface area contributed by atoms with Gasteiger partial charge in [-0.15, -0.1) is 11.8 Å². The van der Waals surface area contributed by atoms with Gasteiger partial charge in [-0.2, -0.15) is 0 Å². The summed E-state index contributed by atoms with van der Waals surface area (Å²) < 4.78 is 0. The van der Waals surface area contributed by atoms with Crippen molar-refractivity contribution in [2.45, 2.75) is 57.4 Å². The molecule has 3 heteroatoms. The normalized spacial score (nSPS) is 29.7. The van der Waals surface area contributed by atoms with Crippen LogP contribution in [-0.4, -0.2) is 29.4 Å². The van der Waals surface area contributed by atoms with Crippen LogP contribution in [0.25, 0.3) is 0 Å². The van der Waals surface area contributed by atoms with Crippen molar-refractivity contribution < 1.29 is 0 Å². The van der Waals surface area contributed by atoms with Gasteiger partial charge in [0, 0.05) is 12.3 Å². The molecule has 2 aliphatic heterocycles. The third kappa shape index (κ3) is 2.80. The number of aliphatic imine (C=N–C) groups is 1. The highest BCUT2D eigenvalue weighted by Crippen LogP contribution is 2.34. The minimum Gasteiger partial charge on any atom is -0.306 e. The van der Waals surface area contributed by atoms with E-state index in [1.54, 1.807) is 0 Å². The van der Waals surface area contributed by atoms with Crippen LogP contribution in [0.5, 0.6) is 0 Å². The summed E-state index contributed by atoms with van der Waals surface area (Å²) in [6.45, 7) is 4.51. The number of rotatable bonds is 6. The molecule has 0 aliphatic carbocycles. The highest BCUT2D eigenvalue weighted by molar-refractivity contribution is 8.14. The van der Waals surface area contributed by atoms with E-state index in [1.165, 1.54) is 62.3 Å². The van der Waals surface area contributed by atoms with Crippen LogP contribution in [-0.2, 0) is 0 Å². The van der Waals surface area contributed by atoms with Crippen LogP contribution >= 0.6 is 11.8 Å². The van der Waals surface area contributed by atoms with Crippen molar-refractivity contribution in [3.8, 4) is 0 Å². The Balaban J connectivity index is 1.88. The molecule has 0 radical (unpaired) electrons. The Morgan fingerprint density at radius 3 is 2.94 bits per heavy atom. The van der Waals surface area contributed by atoms with E-state index in [0.29, 0.717) is 0 Å². The van der Waals surface area contributed by atoms with E-state index < -0.39 is 0 Å². The highest BCUT2D eigenvalue weighted by Gasteiger charge is 2.39. The van der Waals surface area contributed by atoms with Gasteiger partial charge in [-0.25, -0.2) is 0 Å². The van der Waals surface area contributed by atoms with Gasteiger partial charge < -0.3 is 5.32 Å². The van der Waals surface area contributed by atoms with E-state index in [9.17, 15) is 0 Å². The van der Waals surface area contributed by atoms with Gasteiger partial charge in [0.15, 0.2) is 0 Å². The summed E-state index contributed by atoms with van der Waals surface area (Å²) in [6.07, 6.45) is 9.40. The third-order valence-corrected chi connectivity index (χ3v) is 4.88. The Morgan fingerprint density at radius 1 is 1.38 bits per heavy atom. The maximum absolute atomic E-state index is 4.71. The lowest BCUT2D eigenvalue weighted by atomic mass is 9.91. The minimum atomic E-state index is 0.287. The standard InChI is InChI=1S/C13H24N2S/c1-2-3-4-5-7-13(8-6-9-15-13)12-14-10-11-16-12/h15H,2-11H2,1H3. The molecule has 1 atom stereocenters. The van der Waals surface area contributed by atoms with Crippen LogP contribution in [0.4, 0.5) is 0 Å². The zero-order chi connectivity index (χ0) is 11.3. The van der Waals surface area contributed by atoms with Gasteiger partial charge in [-0.1, -0.05) is 32.6 Å². The summed E-state index contributed by atoms with van der Waals surface area (Å²) in [4.78, 5) is 4.71. The predicted molar refractivity (Wildman–Crippen MR) is 73.5 cm³/mol. The molecule has 0 amide bonds. The summed E-state index contributed by atoms with van der Waals surface area (Å²) in [6, 6.07) is 0. The maximum Gasteiger partial charge on any atom is 0.0878 e. The van der Waals surface area contributed by atoms with Gasteiger partial charge in [0.2, 0.25) is 0 Å². The molecule has 1 unspecified atom stereocenters. The van der Waals surface area contributed by atoms with Crippen molar-refractivity contribution in [1.82, 2.24) is 5.32 Å². The molecule has 0 saturated carbocycles. The Labute approximate surface area is 104 Å². The van der Waals surface area contributed by atoms with Crippen molar-refractivity contribution in [1.29, 1.82) is 0 Å². The molecule has 2 rings (SSSR count). The number of hydrogen-bond donors (Lipinski definition) is 1. The first-order valence-electron chi connectivity index (χ1n) is 6.80. The fourth-order valence-electron chi connectivity index (χ4n) is 2.79. The molecule has 0 aromatic carbocycles. The van der Waals surface area contributed by atoms with Crippen molar-refractivity contribution >= 4 is 16.8 Å². The average Bonchev–Trinajstić information content (AvgIpc) is 2.95. The molecule has 0 spiro atoms. The molecule has 1 saturated heterocycles.